The van der Waals surface area contributed by atoms with Crippen LogP contribution < -0.4 is 10.6 Å². The van der Waals surface area contributed by atoms with Crippen LogP contribution in [0.15, 0.2) is 18.2 Å². The van der Waals surface area contributed by atoms with Gasteiger partial charge in [0.1, 0.15) is 5.56 Å². The van der Waals surface area contributed by atoms with Crippen molar-refractivity contribution >= 4 is 29.0 Å². The molecule has 0 fully saturated rings. The molecule has 0 aliphatic carbocycles. The number of nitro benzene ring substituents is 1. The summed E-state index contributed by atoms with van der Waals surface area (Å²) in [6.07, 6.45) is 2.00. The van der Waals surface area contributed by atoms with Gasteiger partial charge >= 0.3 is 0 Å². The van der Waals surface area contributed by atoms with Crippen molar-refractivity contribution in [2.24, 2.45) is 5.92 Å². The highest BCUT2D eigenvalue weighted by atomic mass is 32.2. The van der Waals surface area contributed by atoms with Crippen LogP contribution in [0.3, 0.4) is 0 Å². The molecule has 0 heterocycles. The maximum atomic E-state index is 12.2. The highest BCUT2D eigenvalue weighted by Gasteiger charge is 2.20. The van der Waals surface area contributed by atoms with Crippen molar-refractivity contribution in [3.8, 4) is 0 Å². The summed E-state index contributed by atoms with van der Waals surface area (Å²) in [6, 6.07) is 4.49. The van der Waals surface area contributed by atoms with Crippen LogP contribution in [0.2, 0.25) is 0 Å². The average molecular weight is 311 g/mol. The van der Waals surface area contributed by atoms with Crippen LogP contribution in [0.4, 0.5) is 11.4 Å². The summed E-state index contributed by atoms with van der Waals surface area (Å²) in [6.45, 7) is 5.14. The number of anilines is 1. The Balaban J connectivity index is 2.89. The number of benzene rings is 1. The van der Waals surface area contributed by atoms with Crippen LogP contribution >= 0.6 is 11.8 Å². The summed E-state index contributed by atoms with van der Waals surface area (Å²) in [7, 11) is 0. The van der Waals surface area contributed by atoms with Gasteiger partial charge in [-0.25, -0.2) is 0 Å². The summed E-state index contributed by atoms with van der Waals surface area (Å²) < 4.78 is 0. The Bertz CT molecular complexity index is 508. The van der Waals surface area contributed by atoms with Crippen molar-refractivity contribution in [1.29, 1.82) is 0 Å². The summed E-state index contributed by atoms with van der Waals surface area (Å²) in [5.41, 5.74) is 0.617. The topological polar surface area (TPSA) is 84.3 Å². The second-order valence-electron chi connectivity index (χ2n) is 4.79. The molecule has 0 spiro atoms. The maximum Gasteiger partial charge on any atom is 0.282 e. The van der Waals surface area contributed by atoms with Gasteiger partial charge < -0.3 is 10.6 Å². The summed E-state index contributed by atoms with van der Waals surface area (Å²) >= 11 is 1.70. The Morgan fingerprint density at radius 1 is 1.48 bits per heavy atom. The predicted octanol–water partition coefficient (Wildman–Crippen LogP) is 2.76. The average Bonchev–Trinajstić information content (AvgIpc) is 2.45. The summed E-state index contributed by atoms with van der Waals surface area (Å²) in [4.78, 5) is 22.7. The molecule has 1 rings (SSSR count). The minimum atomic E-state index is -0.532. The molecule has 1 unspecified atom stereocenters. The van der Waals surface area contributed by atoms with Gasteiger partial charge in [0.05, 0.1) is 4.92 Å². The summed E-state index contributed by atoms with van der Waals surface area (Å²) in [5.74, 6) is 0.842. The lowest BCUT2D eigenvalue weighted by atomic mass is 10.1. The smallest absolute Gasteiger partial charge is 0.282 e. The van der Waals surface area contributed by atoms with Gasteiger partial charge in [0.15, 0.2) is 0 Å². The number of nitrogens with zero attached hydrogens (tertiary/aromatic N) is 1. The van der Waals surface area contributed by atoms with Gasteiger partial charge in [-0.15, -0.1) is 0 Å². The molecule has 1 amide bonds. The lowest BCUT2D eigenvalue weighted by molar-refractivity contribution is -0.385. The van der Waals surface area contributed by atoms with Crippen LogP contribution in [0.5, 0.6) is 0 Å². The number of nitrogens with one attached hydrogen (secondary N) is 2. The van der Waals surface area contributed by atoms with E-state index in [1.807, 2.05) is 20.1 Å². The van der Waals surface area contributed by atoms with E-state index in [9.17, 15) is 14.9 Å². The zero-order chi connectivity index (χ0) is 15.8. The second-order valence-corrected chi connectivity index (χ2v) is 5.70. The number of hydrogen-bond donors (Lipinski definition) is 2. The molecule has 0 aliphatic heterocycles. The van der Waals surface area contributed by atoms with E-state index in [0.717, 1.165) is 5.75 Å². The van der Waals surface area contributed by atoms with E-state index in [0.29, 0.717) is 24.7 Å². The molecule has 0 aromatic heterocycles. The molecule has 7 heteroatoms. The Hall–Kier alpha value is -1.76. The number of amides is 1. The quantitative estimate of drug-likeness (QED) is 0.569. The third kappa shape index (κ3) is 5.26. The molecule has 116 valence electrons. The number of thioether (sulfide) groups is 1. The highest BCUT2D eigenvalue weighted by molar-refractivity contribution is 7.98. The van der Waals surface area contributed by atoms with Crippen LogP contribution in [-0.2, 0) is 0 Å². The number of nitro groups is 1. The predicted molar refractivity (Wildman–Crippen MR) is 87.1 cm³/mol. The fourth-order valence-corrected chi connectivity index (χ4v) is 2.58. The molecule has 1 aromatic rings. The van der Waals surface area contributed by atoms with Crippen molar-refractivity contribution in [2.45, 2.75) is 13.8 Å². The lowest BCUT2D eigenvalue weighted by Crippen LogP contribution is -2.29. The van der Waals surface area contributed by atoms with Crippen LogP contribution in [0, 0.1) is 16.0 Å². The molecule has 2 N–H and O–H groups in total. The minimum Gasteiger partial charge on any atom is -0.385 e. The van der Waals surface area contributed by atoms with E-state index in [4.69, 9.17) is 0 Å². The SMILES string of the molecule is CCNc1ccc([N+](=O)[O-])c(C(=O)NCC(C)CSC)c1. The van der Waals surface area contributed by atoms with E-state index in [1.54, 1.807) is 17.8 Å². The third-order valence-corrected chi connectivity index (χ3v) is 3.78. The Morgan fingerprint density at radius 3 is 2.76 bits per heavy atom. The first-order valence-corrected chi connectivity index (χ1v) is 8.18. The van der Waals surface area contributed by atoms with E-state index in [1.165, 1.54) is 12.1 Å². The first-order chi connectivity index (χ1) is 9.99. The first kappa shape index (κ1) is 17.3. The third-order valence-electron chi connectivity index (χ3n) is 2.88. The zero-order valence-corrected chi connectivity index (χ0v) is 13.3. The van der Waals surface area contributed by atoms with Gasteiger partial charge in [0.2, 0.25) is 0 Å². The van der Waals surface area contributed by atoms with Crippen molar-refractivity contribution in [1.82, 2.24) is 5.32 Å². The normalized spacial score (nSPS) is 11.8. The Labute approximate surface area is 128 Å². The molecule has 0 bridgehead atoms. The minimum absolute atomic E-state index is 0.0924. The second kappa shape index (κ2) is 8.51. The lowest BCUT2D eigenvalue weighted by Gasteiger charge is -2.12. The number of carbonyl (C=O) groups is 1. The Morgan fingerprint density at radius 2 is 2.19 bits per heavy atom. The van der Waals surface area contributed by atoms with Crippen LogP contribution in [0.25, 0.3) is 0 Å². The van der Waals surface area contributed by atoms with Gasteiger partial charge in [-0.3, -0.25) is 14.9 Å². The van der Waals surface area contributed by atoms with E-state index in [2.05, 4.69) is 10.6 Å². The molecule has 6 nitrogen and oxygen atoms in total. The molecule has 0 saturated carbocycles. The molecule has 1 aromatic carbocycles. The van der Waals surface area contributed by atoms with Crippen LogP contribution in [-0.4, -0.2) is 35.9 Å². The maximum absolute atomic E-state index is 12.2. The van der Waals surface area contributed by atoms with Crippen molar-refractivity contribution in [2.75, 3.05) is 30.4 Å². The van der Waals surface area contributed by atoms with E-state index < -0.39 is 10.8 Å². The number of carbonyl (C=O) groups excluding carboxylic acids is 1. The first-order valence-electron chi connectivity index (χ1n) is 6.79. The van der Waals surface area contributed by atoms with Gasteiger partial charge in [0, 0.05) is 24.8 Å². The van der Waals surface area contributed by atoms with Crippen molar-refractivity contribution in [3.05, 3.63) is 33.9 Å². The molecule has 1 atom stereocenters. The number of hydrogen-bond acceptors (Lipinski definition) is 5. The molecule has 0 aliphatic rings. The molecular formula is C14H21N3O3S. The van der Waals surface area contributed by atoms with Crippen molar-refractivity contribution in [3.63, 3.8) is 0 Å². The van der Waals surface area contributed by atoms with E-state index in [-0.39, 0.29) is 11.3 Å². The molecule has 0 saturated heterocycles. The van der Waals surface area contributed by atoms with Crippen LogP contribution in [0.1, 0.15) is 24.2 Å². The largest absolute Gasteiger partial charge is 0.385 e. The van der Waals surface area contributed by atoms with Gasteiger partial charge in [-0.2, -0.15) is 11.8 Å². The molecule has 21 heavy (non-hydrogen) atoms. The molecular weight excluding hydrogens is 290 g/mol. The monoisotopic (exact) mass is 311 g/mol. The standard InChI is InChI=1S/C14H21N3O3S/c1-4-15-11-5-6-13(17(19)20)12(7-11)14(18)16-8-10(2)9-21-3/h5-7,10,15H,4,8-9H2,1-3H3,(H,16,18). The Kier molecular flexibility index (Phi) is 7.01. The van der Waals surface area contributed by atoms with Crippen molar-refractivity contribution < 1.29 is 9.72 Å². The fourth-order valence-electron chi connectivity index (χ4n) is 1.90. The zero-order valence-electron chi connectivity index (χ0n) is 12.5. The highest BCUT2D eigenvalue weighted by Crippen LogP contribution is 2.22. The van der Waals surface area contributed by atoms with Gasteiger partial charge in [-0.05, 0) is 37.0 Å². The van der Waals surface area contributed by atoms with Gasteiger partial charge in [0.25, 0.3) is 11.6 Å². The molecule has 0 radical (unpaired) electrons. The number of rotatable bonds is 8. The van der Waals surface area contributed by atoms with Gasteiger partial charge in [-0.1, -0.05) is 6.92 Å². The van der Waals surface area contributed by atoms with E-state index >= 15 is 0 Å². The fraction of sp³-hybridized carbons (Fsp3) is 0.500. The summed E-state index contributed by atoms with van der Waals surface area (Å²) in [5, 5.41) is 16.8.